The van der Waals surface area contributed by atoms with Gasteiger partial charge in [0.25, 0.3) is 11.8 Å². The first-order valence-electron chi connectivity index (χ1n) is 4.20. The molecule has 18 heavy (non-hydrogen) atoms. The molecular weight excluding hydrogens is 579 g/mol. The van der Waals surface area contributed by atoms with E-state index in [1.807, 2.05) is 67.8 Å². The fourth-order valence-corrected chi connectivity index (χ4v) is 5.48. The Morgan fingerprint density at radius 2 is 1.28 bits per heavy atom. The number of carbonyl (C=O) groups is 3. The summed E-state index contributed by atoms with van der Waals surface area (Å²) in [6.07, 6.45) is 0.250. The van der Waals surface area contributed by atoms with Gasteiger partial charge in [-0.1, -0.05) is 0 Å². The van der Waals surface area contributed by atoms with Gasteiger partial charge in [-0.2, -0.15) is 0 Å². The lowest BCUT2D eigenvalue weighted by molar-refractivity contribution is -0.106. The van der Waals surface area contributed by atoms with Crippen molar-refractivity contribution in [2.24, 2.45) is 17.2 Å². The third-order valence-corrected chi connectivity index (χ3v) is 4.44. The van der Waals surface area contributed by atoms with Gasteiger partial charge in [-0.3, -0.25) is 14.4 Å². The van der Waals surface area contributed by atoms with E-state index in [9.17, 15) is 9.59 Å². The zero-order valence-corrected chi connectivity index (χ0v) is 15.2. The van der Waals surface area contributed by atoms with Crippen molar-refractivity contribution in [1.82, 2.24) is 0 Å². The second-order valence-corrected chi connectivity index (χ2v) is 6.17. The molecule has 9 heteroatoms. The first-order chi connectivity index (χ1) is 8.27. The molecule has 0 heterocycles. The maximum Gasteiger partial charge on any atom is 0.250 e. The van der Waals surface area contributed by atoms with Gasteiger partial charge < -0.3 is 17.2 Å². The van der Waals surface area contributed by atoms with E-state index >= 15 is 0 Å². The van der Waals surface area contributed by atoms with Crippen LogP contribution < -0.4 is 17.2 Å². The summed E-state index contributed by atoms with van der Waals surface area (Å²) in [4.78, 5) is 31.0. The molecule has 6 N–H and O–H groups in total. The summed E-state index contributed by atoms with van der Waals surface area (Å²) in [6, 6.07) is 1.71. The van der Waals surface area contributed by atoms with Crippen molar-refractivity contribution in [3.05, 3.63) is 27.9 Å². The van der Waals surface area contributed by atoms with Crippen LogP contribution in [0.5, 0.6) is 0 Å². The summed E-state index contributed by atoms with van der Waals surface area (Å²) in [5, 5.41) is 0. The van der Waals surface area contributed by atoms with Crippen molar-refractivity contribution in [3.63, 3.8) is 0 Å². The van der Waals surface area contributed by atoms with E-state index in [1.54, 1.807) is 6.07 Å². The van der Waals surface area contributed by atoms with Gasteiger partial charge in [0.1, 0.15) is 0 Å². The average molecular weight is 587 g/mol. The molecule has 0 radical (unpaired) electrons. The fraction of sp³-hybridized carbons (Fsp3) is 0. The van der Waals surface area contributed by atoms with Crippen molar-refractivity contribution in [2.75, 3.05) is 0 Å². The van der Waals surface area contributed by atoms with Gasteiger partial charge in [0.15, 0.2) is 0 Å². The molecule has 0 aliphatic rings. The van der Waals surface area contributed by atoms with Gasteiger partial charge in [-0.25, -0.2) is 0 Å². The largest absolute Gasteiger partial charge is 0.372 e. The highest BCUT2D eigenvalue weighted by molar-refractivity contribution is 14.1. The minimum absolute atomic E-state index is 0.250. The number of rotatable bonds is 2. The van der Waals surface area contributed by atoms with E-state index in [-0.39, 0.29) is 6.41 Å². The highest BCUT2D eigenvalue weighted by atomic mass is 127. The Labute approximate surface area is 144 Å². The predicted molar refractivity (Wildman–Crippen MR) is 91.9 cm³/mol. The number of amides is 3. The van der Waals surface area contributed by atoms with E-state index in [0.29, 0.717) is 14.7 Å². The first kappa shape index (κ1) is 17.8. The van der Waals surface area contributed by atoms with Crippen LogP contribution in [-0.4, -0.2) is 18.2 Å². The molecule has 98 valence electrons. The van der Waals surface area contributed by atoms with Crippen molar-refractivity contribution in [2.45, 2.75) is 0 Å². The number of hydrogen-bond acceptors (Lipinski definition) is 3. The van der Waals surface area contributed by atoms with Crippen LogP contribution in [0.4, 0.5) is 0 Å². The molecule has 1 rings (SSSR count). The lowest BCUT2D eigenvalue weighted by atomic mass is 10.1. The molecule has 0 aliphatic carbocycles. The Balaban J connectivity index is 0.000000873. The van der Waals surface area contributed by atoms with E-state index < -0.39 is 11.8 Å². The number of hydrogen-bond donors (Lipinski definition) is 3. The molecule has 0 saturated heterocycles. The third-order valence-electron chi connectivity index (χ3n) is 1.66. The van der Waals surface area contributed by atoms with Gasteiger partial charge in [0.2, 0.25) is 6.41 Å². The first-order valence-corrected chi connectivity index (χ1v) is 7.44. The van der Waals surface area contributed by atoms with E-state index in [4.69, 9.17) is 16.3 Å². The predicted octanol–water partition coefficient (Wildman–Crippen LogP) is 0.800. The molecule has 3 amide bonds. The Bertz CT molecular complexity index is 467. The lowest BCUT2D eigenvalue weighted by Gasteiger charge is -2.09. The van der Waals surface area contributed by atoms with Crippen molar-refractivity contribution < 1.29 is 14.4 Å². The molecule has 0 fully saturated rings. The summed E-state index contributed by atoms with van der Waals surface area (Å²) in [7, 11) is 0. The quantitative estimate of drug-likeness (QED) is 0.350. The van der Waals surface area contributed by atoms with Crippen LogP contribution >= 0.6 is 67.8 Å². The van der Waals surface area contributed by atoms with Crippen LogP contribution in [0.1, 0.15) is 20.7 Å². The Morgan fingerprint density at radius 3 is 1.50 bits per heavy atom. The van der Waals surface area contributed by atoms with E-state index in [1.165, 1.54) is 0 Å². The number of benzene rings is 1. The number of primary amides is 3. The Morgan fingerprint density at radius 1 is 1.00 bits per heavy atom. The van der Waals surface area contributed by atoms with Gasteiger partial charge in [-0.15, -0.1) is 0 Å². The molecule has 0 atom stereocenters. The summed E-state index contributed by atoms with van der Waals surface area (Å²) in [5.74, 6) is -1.11. The molecule has 6 nitrogen and oxygen atoms in total. The molecule has 0 bridgehead atoms. The standard InChI is InChI=1S/C8H5I3N2O2.CH3NO/c9-2-1-3(10)5(8(13)15)6(11)4(2)7(12)14;2-1-3/h1H,(H2,12,14)(H2,13,15);1H,(H2,2,3). The second kappa shape index (κ2) is 8.08. The molecule has 0 saturated carbocycles. The SMILES string of the molecule is NC(=O)c1c(I)cc(I)c(C(N)=O)c1I.NC=O. The smallest absolute Gasteiger partial charge is 0.250 e. The molecule has 0 spiro atoms. The van der Waals surface area contributed by atoms with Crippen molar-refractivity contribution in [3.8, 4) is 0 Å². The highest BCUT2D eigenvalue weighted by Gasteiger charge is 2.20. The summed E-state index contributed by atoms with van der Waals surface area (Å²) in [5.41, 5.74) is 15.3. The minimum atomic E-state index is -0.553. The Hall–Kier alpha value is -0.180. The topological polar surface area (TPSA) is 129 Å². The number of carbonyl (C=O) groups excluding carboxylic acids is 3. The summed E-state index contributed by atoms with van der Waals surface area (Å²) >= 11 is 5.92. The third kappa shape index (κ3) is 4.49. The van der Waals surface area contributed by atoms with E-state index in [2.05, 4.69) is 5.73 Å². The molecular formula is C9H8I3N3O3. The normalized spacial score (nSPS) is 9.06. The van der Waals surface area contributed by atoms with Crippen LogP contribution in [0.15, 0.2) is 6.07 Å². The van der Waals surface area contributed by atoms with Gasteiger partial charge >= 0.3 is 0 Å². The monoisotopic (exact) mass is 587 g/mol. The van der Waals surface area contributed by atoms with Gasteiger partial charge in [0, 0.05) is 10.7 Å². The summed E-state index contributed by atoms with van der Waals surface area (Å²) < 4.78 is 1.96. The van der Waals surface area contributed by atoms with E-state index in [0.717, 1.165) is 7.14 Å². The second-order valence-electron chi connectivity index (χ2n) is 2.77. The van der Waals surface area contributed by atoms with Crippen LogP contribution in [-0.2, 0) is 4.79 Å². The number of halogens is 3. The van der Waals surface area contributed by atoms with Crippen LogP contribution in [0.2, 0.25) is 0 Å². The van der Waals surface area contributed by atoms with Crippen LogP contribution in [0, 0.1) is 10.7 Å². The van der Waals surface area contributed by atoms with Crippen molar-refractivity contribution in [1.29, 1.82) is 0 Å². The fourth-order valence-electron chi connectivity index (χ4n) is 1.04. The molecule has 0 unspecified atom stereocenters. The highest BCUT2D eigenvalue weighted by Crippen LogP contribution is 2.27. The molecule has 0 aliphatic heterocycles. The van der Waals surface area contributed by atoms with Crippen LogP contribution in [0.3, 0.4) is 0 Å². The van der Waals surface area contributed by atoms with Crippen molar-refractivity contribution >= 4 is 86.0 Å². The average Bonchev–Trinajstić information content (AvgIpc) is 2.15. The maximum absolute atomic E-state index is 11.2. The van der Waals surface area contributed by atoms with Crippen LogP contribution in [0.25, 0.3) is 0 Å². The van der Waals surface area contributed by atoms with Gasteiger partial charge in [0.05, 0.1) is 11.1 Å². The zero-order valence-electron chi connectivity index (χ0n) is 8.75. The van der Waals surface area contributed by atoms with Gasteiger partial charge in [-0.05, 0) is 73.8 Å². The minimum Gasteiger partial charge on any atom is -0.372 e. The Kier molecular flexibility index (Phi) is 8.00. The molecule has 0 aromatic heterocycles. The molecule has 1 aromatic rings. The zero-order chi connectivity index (χ0) is 14.5. The lowest BCUT2D eigenvalue weighted by Crippen LogP contribution is -2.21. The number of nitrogens with two attached hydrogens (primary N) is 3. The maximum atomic E-state index is 11.2. The summed E-state index contributed by atoms with van der Waals surface area (Å²) in [6.45, 7) is 0. The molecule has 1 aromatic carbocycles.